The van der Waals surface area contributed by atoms with Gasteiger partial charge in [-0.05, 0) is 42.2 Å². The van der Waals surface area contributed by atoms with E-state index in [0.717, 1.165) is 18.4 Å². The zero-order chi connectivity index (χ0) is 21.1. The lowest BCUT2D eigenvalue weighted by Crippen LogP contribution is -2.51. The van der Waals surface area contributed by atoms with Gasteiger partial charge in [-0.1, -0.05) is 23.7 Å². The molecule has 0 amide bonds. The largest absolute Gasteiger partial charge is 0.493 e. The number of carboxylic acids is 1. The maximum Gasteiger partial charge on any atom is 0.309 e. The Bertz CT molecular complexity index is 954. The number of aryl methyl sites for hydroxylation is 1. The third kappa shape index (κ3) is 4.94. The smallest absolute Gasteiger partial charge is 0.309 e. The van der Waals surface area contributed by atoms with Gasteiger partial charge in [-0.15, -0.1) is 0 Å². The number of likely N-dealkylation sites (tertiary alicyclic amines) is 1. The molecule has 2 aromatic rings. The summed E-state index contributed by atoms with van der Waals surface area (Å²) in [4.78, 5) is 12.9. The zero-order valence-electron chi connectivity index (χ0n) is 16.4. The number of carboxylic acid groups (broad SMARTS) is 1. The molecule has 0 aromatic heterocycles. The average molecular weight is 432 g/mol. The van der Waals surface area contributed by atoms with E-state index in [0.29, 0.717) is 54.9 Å². The third-order valence-electron chi connectivity index (χ3n) is 5.35. The average Bonchev–Trinajstić information content (AvgIpc) is 2.69. The van der Waals surface area contributed by atoms with Crippen LogP contribution in [0.4, 0.5) is 4.39 Å². The van der Waals surface area contributed by atoms with Crippen LogP contribution in [-0.4, -0.2) is 48.8 Å². The lowest BCUT2D eigenvalue weighted by atomic mass is 9.98. The molecule has 0 saturated carbocycles. The Balaban J connectivity index is 1.30. The minimum absolute atomic E-state index is 0.307. The maximum absolute atomic E-state index is 14.6. The van der Waals surface area contributed by atoms with Gasteiger partial charge in [0.15, 0.2) is 0 Å². The van der Waals surface area contributed by atoms with Crippen molar-refractivity contribution in [2.75, 3.05) is 32.8 Å². The van der Waals surface area contributed by atoms with Crippen molar-refractivity contribution in [2.45, 2.75) is 12.8 Å². The maximum atomic E-state index is 14.6. The summed E-state index contributed by atoms with van der Waals surface area (Å²) in [6.45, 7) is 2.46. The van der Waals surface area contributed by atoms with Crippen LogP contribution in [0.15, 0.2) is 42.0 Å². The predicted octanol–water partition coefficient (Wildman–Crippen LogP) is 4.28. The van der Waals surface area contributed by atoms with E-state index in [1.165, 1.54) is 11.6 Å². The minimum Gasteiger partial charge on any atom is -0.493 e. The van der Waals surface area contributed by atoms with Crippen LogP contribution in [0.25, 0.3) is 6.08 Å². The first-order valence-corrected chi connectivity index (χ1v) is 10.3. The van der Waals surface area contributed by atoms with E-state index in [2.05, 4.69) is 0 Å². The van der Waals surface area contributed by atoms with Gasteiger partial charge in [0, 0.05) is 36.8 Å². The molecule has 0 bridgehead atoms. The molecule has 0 atom stereocenters. The van der Waals surface area contributed by atoms with Gasteiger partial charge < -0.3 is 14.6 Å². The first kappa shape index (κ1) is 20.7. The van der Waals surface area contributed by atoms with Crippen LogP contribution in [-0.2, 0) is 11.2 Å². The summed E-state index contributed by atoms with van der Waals surface area (Å²) in [6.07, 6.45) is 3.46. The van der Waals surface area contributed by atoms with Gasteiger partial charge >= 0.3 is 5.97 Å². The SMILES string of the molecule is O=C(O)C1CN(CC2=Cc3c(F)cc(OCCCc4ccc(Cl)cc4)cc3OC2)C1. The van der Waals surface area contributed by atoms with E-state index in [1.807, 2.05) is 29.2 Å². The fraction of sp³-hybridized carbons (Fsp3) is 0.348. The number of nitrogens with zero attached hydrogens (tertiary/aromatic N) is 1. The van der Waals surface area contributed by atoms with Gasteiger partial charge in [-0.2, -0.15) is 0 Å². The summed E-state index contributed by atoms with van der Waals surface area (Å²) in [6, 6.07) is 10.8. The van der Waals surface area contributed by atoms with Crippen LogP contribution in [0.5, 0.6) is 11.5 Å². The molecule has 0 aliphatic carbocycles. The summed E-state index contributed by atoms with van der Waals surface area (Å²) in [5.41, 5.74) is 2.53. The van der Waals surface area contributed by atoms with Gasteiger partial charge in [-0.25, -0.2) is 4.39 Å². The quantitative estimate of drug-likeness (QED) is 0.632. The third-order valence-corrected chi connectivity index (χ3v) is 5.60. The highest BCUT2D eigenvalue weighted by Gasteiger charge is 2.33. The van der Waals surface area contributed by atoms with Gasteiger partial charge in [0.05, 0.1) is 18.1 Å². The Hall–Kier alpha value is -2.57. The van der Waals surface area contributed by atoms with Gasteiger partial charge in [-0.3, -0.25) is 9.69 Å². The summed E-state index contributed by atoms with van der Waals surface area (Å²) >= 11 is 5.89. The van der Waals surface area contributed by atoms with Crippen LogP contribution in [0, 0.1) is 11.7 Å². The lowest BCUT2D eigenvalue weighted by molar-refractivity contribution is -0.147. The highest BCUT2D eigenvalue weighted by molar-refractivity contribution is 6.30. The Morgan fingerprint density at radius 3 is 2.77 bits per heavy atom. The number of aliphatic carboxylic acids is 1. The highest BCUT2D eigenvalue weighted by atomic mass is 35.5. The van der Waals surface area contributed by atoms with Crippen LogP contribution in [0.1, 0.15) is 17.5 Å². The van der Waals surface area contributed by atoms with Gasteiger partial charge in [0.1, 0.15) is 23.9 Å². The molecule has 5 nitrogen and oxygen atoms in total. The first-order chi connectivity index (χ1) is 14.5. The Labute approximate surface area is 179 Å². The molecule has 2 aliphatic rings. The monoisotopic (exact) mass is 431 g/mol. The molecule has 0 radical (unpaired) electrons. The molecule has 4 rings (SSSR count). The first-order valence-electron chi connectivity index (χ1n) is 9.96. The van der Waals surface area contributed by atoms with Crippen molar-refractivity contribution in [1.82, 2.24) is 4.90 Å². The summed E-state index contributed by atoms with van der Waals surface area (Å²) in [7, 11) is 0. The van der Waals surface area contributed by atoms with Crippen molar-refractivity contribution in [2.24, 2.45) is 5.92 Å². The number of benzene rings is 2. The highest BCUT2D eigenvalue weighted by Crippen LogP contribution is 2.34. The van der Waals surface area contributed by atoms with E-state index < -0.39 is 5.97 Å². The lowest BCUT2D eigenvalue weighted by Gasteiger charge is -2.37. The Morgan fingerprint density at radius 1 is 1.27 bits per heavy atom. The van der Waals surface area contributed by atoms with Crippen LogP contribution >= 0.6 is 11.6 Å². The molecule has 1 N–H and O–H groups in total. The predicted molar refractivity (Wildman–Crippen MR) is 113 cm³/mol. The van der Waals surface area contributed by atoms with E-state index >= 15 is 0 Å². The number of hydrogen-bond donors (Lipinski definition) is 1. The Kier molecular flexibility index (Phi) is 6.25. The molecule has 2 heterocycles. The number of rotatable bonds is 8. The number of hydrogen-bond acceptors (Lipinski definition) is 4. The van der Waals surface area contributed by atoms with E-state index in [1.54, 1.807) is 12.1 Å². The Morgan fingerprint density at radius 2 is 2.03 bits per heavy atom. The normalized spacial score (nSPS) is 16.3. The number of halogens is 2. The molecule has 0 spiro atoms. The van der Waals surface area contributed by atoms with E-state index in [9.17, 15) is 9.18 Å². The van der Waals surface area contributed by atoms with E-state index in [-0.39, 0.29) is 11.7 Å². The van der Waals surface area contributed by atoms with Crippen molar-refractivity contribution in [3.05, 3.63) is 63.9 Å². The number of ether oxygens (including phenoxy) is 2. The molecule has 2 aliphatic heterocycles. The molecule has 0 unspecified atom stereocenters. The van der Waals surface area contributed by atoms with Crippen molar-refractivity contribution in [3.63, 3.8) is 0 Å². The second-order valence-electron chi connectivity index (χ2n) is 7.72. The molecule has 1 saturated heterocycles. The standard InChI is InChI=1S/C23H23ClFNO4/c24-18-5-3-15(4-6-18)2-1-7-29-19-9-21(25)20-8-16(14-30-22(20)10-19)11-26-12-17(13-26)23(27)28/h3-6,8-10,17H,1-2,7,11-14H2,(H,27,28). The van der Waals surface area contributed by atoms with Crippen molar-refractivity contribution in [1.29, 1.82) is 0 Å². The van der Waals surface area contributed by atoms with Crippen molar-refractivity contribution in [3.8, 4) is 11.5 Å². The van der Waals surface area contributed by atoms with Crippen molar-refractivity contribution < 1.29 is 23.8 Å². The zero-order valence-corrected chi connectivity index (χ0v) is 17.2. The van der Waals surface area contributed by atoms with Gasteiger partial charge in [0.2, 0.25) is 0 Å². The fourth-order valence-corrected chi connectivity index (χ4v) is 3.81. The molecule has 7 heteroatoms. The summed E-state index contributed by atoms with van der Waals surface area (Å²) in [5.74, 6) is -0.537. The number of fused-ring (bicyclic) bond motifs is 1. The molecular weight excluding hydrogens is 409 g/mol. The van der Waals surface area contributed by atoms with Crippen LogP contribution in [0.3, 0.4) is 0 Å². The fourth-order valence-electron chi connectivity index (χ4n) is 3.68. The molecule has 30 heavy (non-hydrogen) atoms. The molecule has 1 fully saturated rings. The molecular formula is C23H23ClFNO4. The van der Waals surface area contributed by atoms with Crippen LogP contribution < -0.4 is 9.47 Å². The molecule has 2 aromatic carbocycles. The summed E-state index contributed by atoms with van der Waals surface area (Å²) in [5, 5.41) is 9.68. The minimum atomic E-state index is -0.766. The van der Waals surface area contributed by atoms with E-state index in [4.69, 9.17) is 26.2 Å². The van der Waals surface area contributed by atoms with Crippen molar-refractivity contribution >= 4 is 23.6 Å². The second-order valence-corrected chi connectivity index (χ2v) is 8.15. The second kappa shape index (κ2) is 9.06. The van der Waals surface area contributed by atoms with Crippen LogP contribution in [0.2, 0.25) is 5.02 Å². The summed E-state index contributed by atoms with van der Waals surface area (Å²) < 4.78 is 26.1. The van der Waals surface area contributed by atoms with Gasteiger partial charge in [0.25, 0.3) is 0 Å². The topological polar surface area (TPSA) is 59.0 Å². The number of carbonyl (C=O) groups is 1. The molecule has 158 valence electrons.